The van der Waals surface area contributed by atoms with Crippen LogP contribution in [0.4, 0.5) is 0 Å². The molecule has 0 aliphatic carbocycles. The Morgan fingerprint density at radius 3 is 2.13 bits per heavy atom. The Bertz CT molecular complexity index is 1170. The van der Waals surface area contributed by atoms with Crippen LogP contribution in [-0.2, 0) is 11.3 Å². The molecule has 4 rings (SSSR count). The summed E-state index contributed by atoms with van der Waals surface area (Å²) < 4.78 is 11.0. The smallest absolute Gasteiger partial charge is 0.338 e. The third-order valence-corrected chi connectivity index (χ3v) is 4.91. The number of hydrogen-bond donors (Lipinski definition) is 0. The van der Waals surface area contributed by atoms with Gasteiger partial charge in [-0.1, -0.05) is 91.0 Å². The minimum Gasteiger partial charge on any atom is -0.488 e. The van der Waals surface area contributed by atoms with E-state index in [4.69, 9.17) is 9.47 Å². The van der Waals surface area contributed by atoms with Gasteiger partial charge in [0.1, 0.15) is 12.4 Å². The number of fused-ring (bicyclic) bond motifs is 1. The minimum absolute atomic E-state index is 0.369. The molecule has 0 unspecified atom stereocenters. The summed E-state index contributed by atoms with van der Waals surface area (Å²) in [6.07, 6.45) is 4.18. The maximum Gasteiger partial charge on any atom is 0.338 e. The summed E-state index contributed by atoms with van der Waals surface area (Å²) in [7, 11) is 1.39. The van der Waals surface area contributed by atoms with Crippen LogP contribution in [0.15, 0.2) is 91.0 Å². The molecule has 0 bridgehead atoms. The van der Waals surface area contributed by atoms with Crippen LogP contribution >= 0.6 is 0 Å². The SMILES string of the molecule is COC(=O)c1cccc2cccc(OCc3ccc(/C=C/c4ccccc4)cc3)c12. The van der Waals surface area contributed by atoms with E-state index in [0.717, 1.165) is 21.9 Å². The van der Waals surface area contributed by atoms with Crippen LogP contribution in [0.2, 0.25) is 0 Å². The Balaban J connectivity index is 1.50. The van der Waals surface area contributed by atoms with Crippen LogP contribution in [0.25, 0.3) is 22.9 Å². The van der Waals surface area contributed by atoms with Crippen LogP contribution in [-0.4, -0.2) is 13.1 Å². The summed E-state index contributed by atoms with van der Waals surface area (Å²) in [4.78, 5) is 12.2. The summed E-state index contributed by atoms with van der Waals surface area (Å²) in [6.45, 7) is 0.414. The average Bonchev–Trinajstić information content (AvgIpc) is 2.81. The van der Waals surface area contributed by atoms with Gasteiger partial charge in [-0.3, -0.25) is 0 Å². The molecule has 0 aromatic heterocycles. The lowest BCUT2D eigenvalue weighted by Crippen LogP contribution is -2.04. The van der Waals surface area contributed by atoms with Crippen molar-refractivity contribution in [1.29, 1.82) is 0 Å². The minimum atomic E-state index is -0.369. The molecule has 0 saturated heterocycles. The fourth-order valence-electron chi connectivity index (χ4n) is 3.35. The van der Waals surface area contributed by atoms with Crippen LogP contribution in [0.5, 0.6) is 5.75 Å². The van der Waals surface area contributed by atoms with E-state index in [1.807, 2.05) is 48.5 Å². The Morgan fingerprint density at radius 1 is 0.767 bits per heavy atom. The van der Waals surface area contributed by atoms with Crippen LogP contribution < -0.4 is 4.74 Å². The lowest BCUT2D eigenvalue weighted by atomic mass is 10.0. The number of ether oxygens (including phenoxy) is 2. The molecule has 3 heteroatoms. The van der Waals surface area contributed by atoms with Crippen molar-refractivity contribution in [3.05, 3.63) is 113 Å². The van der Waals surface area contributed by atoms with Gasteiger partial charge in [0, 0.05) is 5.39 Å². The zero-order chi connectivity index (χ0) is 20.8. The van der Waals surface area contributed by atoms with Gasteiger partial charge in [0.05, 0.1) is 12.7 Å². The maximum atomic E-state index is 12.2. The highest BCUT2D eigenvalue weighted by Crippen LogP contribution is 2.30. The first-order chi connectivity index (χ1) is 14.7. The molecule has 0 radical (unpaired) electrons. The second kappa shape index (κ2) is 9.10. The molecule has 0 heterocycles. The van der Waals surface area contributed by atoms with Crippen molar-refractivity contribution in [3.63, 3.8) is 0 Å². The molecule has 0 aliphatic rings. The van der Waals surface area contributed by atoms with Gasteiger partial charge in [0.25, 0.3) is 0 Å². The Hall–Kier alpha value is -3.85. The predicted octanol–water partition coefficient (Wildman–Crippen LogP) is 6.38. The summed E-state index contributed by atoms with van der Waals surface area (Å²) in [5.74, 6) is 0.299. The first-order valence-corrected chi connectivity index (χ1v) is 9.79. The van der Waals surface area contributed by atoms with Gasteiger partial charge in [-0.15, -0.1) is 0 Å². The van der Waals surface area contributed by atoms with E-state index in [1.165, 1.54) is 12.7 Å². The highest BCUT2D eigenvalue weighted by atomic mass is 16.5. The number of methoxy groups -OCH3 is 1. The zero-order valence-electron chi connectivity index (χ0n) is 16.7. The van der Waals surface area contributed by atoms with Gasteiger partial charge < -0.3 is 9.47 Å². The molecular formula is C27H22O3. The second-order valence-corrected chi connectivity index (χ2v) is 6.93. The fourth-order valence-corrected chi connectivity index (χ4v) is 3.35. The summed E-state index contributed by atoms with van der Waals surface area (Å²) in [5, 5.41) is 1.71. The standard InChI is InChI=1S/C27H22O3/c1-29-27(28)24-11-5-9-23-10-6-12-25(26(23)24)30-19-22-17-15-21(16-18-22)14-13-20-7-3-2-4-8-20/h2-18H,19H2,1H3/b14-13+. The lowest BCUT2D eigenvalue weighted by molar-refractivity contribution is 0.0602. The quantitative estimate of drug-likeness (QED) is 0.281. The number of rotatable bonds is 6. The van der Waals surface area contributed by atoms with Gasteiger partial charge in [-0.05, 0) is 34.2 Å². The lowest BCUT2D eigenvalue weighted by Gasteiger charge is -2.12. The average molecular weight is 394 g/mol. The second-order valence-electron chi connectivity index (χ2n) is 6.93. The van der Waals surface area contributed by atoms with Crippen molar-refractivity contribution in [2.75, 3.05) is 7.11 Å². The largest absolute Gasteiger partial charge is 0.488 e. The molecule has 0 saturated carbocycles. The molecule has 0 atom stereocenters. The Morgan fingerprint density at radius 2 is 1.43 bits per heavy atom. The molecule has 0 fully saturated rings. The van der Waals surface area contributed by atoms with Crippen molar-refractivity contribution < 1.29 is 14.3 Å². The van der Waals surface area contributed by atoms with Gasteiger partial charge in [-0.2, -0.15) is 0 Å². The first kappa shape index (κ1) is 19.5. The number of benzene rings is 4. The van der Waals surface area contributed by atoms with Gasteiger partial charge in [-0.25, -0.2) is 4.79 Å². The number of hydrogen-bond acceptors (Lipinski definition) is 3. The Kier molecular flexibility index (Phi) is 5.90. The van der Waals surface area contributed by atoms with E-state index in [1.54, 1.807) is 6.07 Å². The highest BCUT2D eigenvalue weighted by molar-refractivity contribution is 6.07. The van der Waals surface area contributed by atoms with Crippen molar-refractivity contribution in [2.24, 2.45) is 0 Å². The van der Waals surface area contributed by atoms with Crippen LogP contribution in [0, 0.1) is 0 Å². The molecule has 0 aliphatic heterocycles. The molecule has 30 heavy (non-hydrogen) atoms. The molecular weight excluding hydrogens is 372 g/mol. The predicted molar refractivity (Wildman–Crippen MR) is 121 cm³/mol. The van der Waals surface area contributed by atoms with Crippen molar-refractivity contribution >= 4 is 28.9 Å². The van der Waals surface area contributed by atoms with E-state index >= 15 is 0 Å². The zero-order valence-corrected chi connectivity index (χ0v) is 16.7. The van der Waals surface area contributed by atoms with E-state index < -0.39 is 0 Å². The van der Waals surface area contributed by atoms with Crippen molar-refractivity contribution in [3.8, 4) is 5.75 Å². The van der Waals surface area contributed by atoms with E-state index in [0.29, 0.717) is 17.9 Å². The molecule has 4 aromatic rings. The van der Waals surface area contributed by atoms with Gasteiger partial charge >= 0.3 is 5.97 Å². The van der Waals surface area contributed by atoms with Crippen LogP contribution in [0.1, 0.15) is 27.0 Å². The number of carbonyl (C=O) groups is 1. The number of esters is 1. The first-order valence-electron chi connectivity index (χ1n) is 9.79. The topological polar surface area (TPSA) is 35.5 Å². The fraction of sp³-hybridized carbons (Fsp3) is 0.0741. The van der Waals surface area contributed by atoms with Crippen molar-refractivity contribution in [2.45, 2.75) is 6.61 Å². The molecule has 0 spiro atoms. The van der Waals surface area contributed by atoms with Gasteiger partial charge in [0.2, 0.25) is 0 Å². The molecule has 0 N–H and O–H groups in total. The molecule has 0 amide bonds. The highest BCUT2D eigenvalue weighted by Gasteiger charge is 2.14. The van der Waals surface area contributed by atoms with E-state index in [9.17, 15) is 4.79 Å². The molecule has 148 valence electrons. The summed E-state index contributed by atoms with van der Waals surface area (Å²) in [6, 6.07) is 29.8. The van der Waals surface area contributed by atoms with Gasteiger partial charge in [0.15, 0.2) is 0 Å². The maximum absolute atomic E-state index is 12.2. The van der Waals surface area contributed by atoms with Crippen molar-refractivity contribution in [1.82, 2.24) is 0 Å². The Labute approximate surface area is 176 Å². The molecule has 3 nitrogen and oxygen atoms in total. The molecule has 4 aromatic carbocycles. The number of carbonyl (C=O) groups excluding carboxylic acids is 1. The monoisotopic (exact) mass is 394 g/mol. The summed E-state index contributed by atoms with van der Waals surface area (Å²) >= 11 is 0. The normalized spacial score (nSPS) is 11.0. The van der Waals surface area contributed by atoms with Crippen LogP contribution in [0.3, 0.4) is 0 Å². The third kappa shape index (κ3) is 4.41. The summed E-state index contributed by atoms with van der Waals surface area (Å²) in [5.41, 5.74) is 3.86. The third-order valence-electron chi connectivity index (χ3n) is 4.91. The van der Waals surface area contributed by atoms with E-state index in [-0.39, 0.29) is 5.97 Å². The van der Waals surface area contributed by atoms with E-state index in [2.05, 4.69) is 48.6 Å².